The molecule has 1 heteroatoms. The molecule has 0 aliphatic carbocycles. The van der Waals surface area contributed by atoms with Crippen LogP contribution in [0.5, 0.6) is 0 Å². The molecule has 1 nitrogen and oxygen atoms in total. The Labute approximate surface area is 91.6 Å². The second-order valence-corrected chi connectivity index (χ2v) is 3.57. The van der Waals surface area contributed by atoms with E-state index in [0.29, 0.717) is 0 Å². The van der Waals surface area contributed by atoms with Crippen LogP contribution in [0.3, 0.4) is 0 Å². The SMILES string of the molecule is Cc1ccc(N)cc1.Cc1ccccc1. The van der Waals surface area contributed by atoms with E-state index in [4.69, 9.17) is 5.73 Å². The molecule has 2 N–H and O–H groups in total. The van der Waals surface area contributed by atoms with Gasteiger partial charge in [-0.2, -0.15) is 0 Å². The van der Waals surface area contributed by atoms with Gasteiger partial charge in [0.15, 0.2) is 0 Å². The molecule has 0 aliphatic rings. The summed E-state index contributed by atoms with van der Waals surface area (Å²) in [7, 11) is 0. The van der Waals surface area contributed by atoms with Crippen molar-refractivity contribution in [2.45, 2.75) is 13.8 Å². The highest BCUT2D eigenvalue weighted by Crippen LogP contribution is 2.02. The van der Waals surface area contributed by atoms with E-state index in [1.165, 1.54) is 11.1 Å². The van der Waals surface area contributed by atoms with Gasteiger partial charge in [-0.25, -0.2) is 0 Å². The fourth-order valence-corrected chi connectivity index (χ4v) is 1.10. The lowest BCUT2D eigenvalue weighted by Crippen LogP contribution is -1.81. The van der Waals surface area contributed by atoms with Crippen molar-refractivity contribution >= 4 is 5.69 Å². The Morgan fingerprint density at radius 3 is 1.47 bits per heavy atom. The van der Waals surface area contributed by atoms with Crippen molar-refractivity contribution in [3.05, 3.63) is 65.7 Å². The molecule has 15 heavy (non-hydrogen) atoms. The minimum Gasteiger partial charge on any atom is -0.399 e. The maximum atomic E-state index is 5.43. The first-order chi connectivity index (χ1) is 7.18. The number of nitrogen functional groups attached to an aromatic ring is 1. The maximum Gasteiger partial charge on any atom is 0.0314 e. The summed E-state index contributed by atoms with van der Waals surface area (Å²) >= 11 is 0. The van der Waals surface area contributed by atoms with E-state index in [1.54, 1.807) is 0 Å². The van der Waals surface area contributed by atoms with Crippen LogP contribution >= 0.6 is 0 Å². The summed E-state index contributed by atoms with van der Waals surface area (Å²) in [6, 6.07) is 18.0. The Bertz CT molecular complexity index is 355. The van der Waals surface area contributed by atoms with Crippen LogP contribution in [0.25, 0.3) is 0 Å². The molecule has 0 unspecified atom stereocenters. The topological polar surface area (TPSA) is 26.0 Å². The van der Waals surface area contributed by atoms with Gasteiger partial charge in [0, 0.05) is 5.69 Å². The molecule has 0 saturated carbocycles. The highest BCUT2D eigenvalue weighted by atomic mass is 14.5. The zero-order valence-electron chi connectivity index (χ0n) is 9.27. The van der Waals surface area contributed by atoms with Crippen molar-refractivity contribution in [2.75, 3.05) is 5.73 Å². The summed E-state index contributed by atoms with van der Waals surface area (Å²) in [5, 5.41) is 0. The highest BCUT2D eigenvalue weighted by Gasteiger charge is 1.80. The molecule has 0 aromatic heterocycles. The van der Waals surface area contributed by atoms with Crippen LogP contribution in [0, 0.1) is 13.8 Å². The van der Waals surface area contributed by atoms with Crippen LogP contribution in [0.2, 0.25) is 0 Å². The molecule has 0 amide bonds. The van der Waals surface area contributed by atoms with Crippen molar-refractivity contribution in [1.82, 2.24) is 0 Å². The molecule has 78 valence electrons. The number of anilines is 1. The van der Waals surface area contributed by atoms with Crippen LogP contribution in [0.15, 0.2) is 54.6 Å². The van der Waals surface area contributed by atoms with E-state index in [1.807, 2.05) is 49.4 Å². The monoisotopic (exact) mass is 199 g/mol. The maximum absolute atomic E-state index is 5.43. The van der Waals surface area contributed by atoms with E-state index >= 15 is 0 Å². The first-order valence-corrected chi connectivity index (χ1v) is 5.02. The summed E-state index contributed by atoms with van der Waals surface area (Å²) < 4.78 is 0. The van der Waals surface area contributed by atoms with E-state index in [9.17, 15) is 0 Å². The number of benzene rings is 2. The van der Waals surface area contributed by atoms with Crippen molar-refractivity contribution < 1.29 is 0 Å². The summed E-state index contributed by atoms with van der Waals surface area (Å²) in [6.45, 7) is 4.12. The van der Waals surface area contributed by atoms with Crippen molar-refractivity contribution in [2.24, 2.45) is 0 Å². The molecule has 0 saturated heterocycles. The zero-order valence-corrected chi connectivity index (χ0v) is 9.27. The normalized spacial score (nSPS) is 8.93. The number of nitrogens with two attached hydrogens (primary N) is 1. The van der Waals surface area contributed by atoms with E-state index in [2.05, 4.69) is 19.1 Å². The van der Waals surface area contributed by atoms with Gasteiger partial charge in [0.25, 0.3) is 0 Å². The Morgan fingerprint density at radius 2 is 1.13 bits per heavy atom. The van der Waals surface area contributed by atoms with E-state index in [0.717, 1.165) is 5.69 Å². The summed E-state index contributed by atoms with van der Waals surface area (Å²) in [5.74, 6) is 0. The number of aryl methyl sites for hydroxylation is 2. The molecule has 0 radical (unpaired) electrons. The summed E-state index contributed by atoms with van der Waals surface area (Å²) in [6.07, 6.45) is 0. The van der Waals surface area contributed by atoms with Crippen molar-refractivity contribution in [1.29, 1.82) is 0 Å². The third-order valence-corrected chi connectivity index (χ3v) is 2.02. The van der Waals surface area contributed by atoms with E-state index < -0.39 is 0 Å². The number of rotatable bonds is 0. The quantitative estimate of drug-likeness (QED) is 0.645. The smallest absolute Gasteiger partial charge is 0.0314 e. The van der Waals surface area contributed by atoms with Gasteiger partial charge in [0.2, 0.25) is 0 Å². The van der Waals surface area contributed by atoms with Crippen LogP contribution in [-0.4, -0.2) is 0 Å². The minimum atomic E-state index is 0.829. The molecule has 0 heterocycles. The Hall–Kier alpha value is -1.76. The average Bonchev–Trinajstić information content (AvgIpc) is 2.25. The predicted octanol–water partition coefficient (Wildman–Crippen LogP) is 3.57. The van der Waals surface area contributed by atoms with Crippen molar-refractivity contribution in [3.8, 4) is 0 Å². The van der Waals surface area contributed by atoms with Crippen molar-refractivity contribution in [3.63, 3.8) is 0 Å². The van der Waals surface area contributed by atoms with Gasteiger partial charge in [-0.15, -0.1) is 0 Å². The minimum absolute atomic E-state index is 0.829. The molecule has 0 bridgehead atoms. The summed E-state index contributed by atoms with van der Waals surface area (Å²) in [4.78, 5) is 0. The van der Waals surface area contributed by atoms with Gasteiger partial charge in [0.1, 0.15) is 0 Å². The molecule has 0 aliphatic heterocycles. The first-order valence-electron chi connectivity index (χ1n) is 5.02. The van der Waals surface area contributed by atoms with Crippen LogP contribution in [-0.2, 0) is 0 Å². The van der Waals surface area contributed by atoms with E-state index in [-0.39, 0.29) is 0 Å². The molecule has 0 spiro atoms. The van der Waals surface area contributed by atoms with Gasteiger partial charge in [-0.1, -0.05) is 53.6 Å². The first kappa shape index (κ1) is 11.3. The molecule has 0 atom stereocenters. The lowest BCUT2D eigenvalue weighted by Gasteiger charge is -1.90. The van der Waals surface area contributed by atoms with Gasteiger partial charge < -0.3 is 5.73 Å². The third kappa shape index (κ3) is 4.87. The van der Waals surface area contributed by atoms with Gasteiger partial charge in [-0.3, -0.25) is 0 Å². The highest BCUT2D eigenvalue weighted by molar-refractivity contribution is 5.38. The Kier molecular flexibility index (Phi) is 4.42. The zero-order chi connectivity index (χ0) is 11.1. The molecular formula is C14H17N. The second kappa shape index (κ2) is 5.86. The van der Waals surface area contributed by atoms with Crippen LogP contribution in [0.4, 0.5) is 5.69 Å². The lowest BCUT2D eigenvalue weighted by molar-refractivity contribution is 1.47. The Balaban J connectivity index is 0.000000151. The fourth-order valence-electron chi connectivity index (χ4n) is 1.10. The molecule has 2 aromatic rings. The van der Waals surface area contributed by atoms with Gasteiger partial charge >= 0.3 is 0 Å². The molecule has 2 rings (SSSR count). The average molecular weight is 199 g/mol. The van der Waals surface area contributed by atoms with Crippen LogP contribution < -0.4 is 5.73 Å². The second-order valence-electron chi connectivity index (χ2n) is 3.57. The Morgan fingerprint density at radius 1 is 0.667 bits per heavy atom. The lowest BCUT2D eigenvalue weighted by atomic mass is 10.2. The molecule has 0 fully saturated rings. The summed E-state index contributed by atoms with van der Waals surface area (Å²) in [5.41, 5.74) is 8.83. The predicted molar refractivity (Wildman–Crippen MR) is 66.8 cm³/mol. The largest absolute Gasteiger partial charge is 0.399 e. The van der Waals surface area contributed by atoms with Crippen LogP contribution in [0.1, 0.15) is 11.1 Å². The van der Waals surface area contributed by atoms with Gasteiger partial charge in [-0.05, 0) is 26.0 Å². The van der Waals surface area contributed by atoms with Gasteiger partial charge in [0.05, 0.1) is 0 Å². The third-order valence-electron chi connectivity index (χ3n) is 2.02. The number of hydrogen-bond acceptors (Lipinski definition) is 1. The molecular weight excluding hydrogens is 182 g/mol. The number of hydrogen-bond donors (Lipinski definition) is 1. The standard InChI is InChI=1S/C7H9N.C7H8/c1-6-2-4-7(8)5-3-6;1-7-5-3-2-4-6-7/h2-5H,8H2,1H3;2-6H,1H3. The molecule has 2 aromatic carbocycles. The fraction of sp³-hybridized carbons (Fsp3) is 0.143.